The van der Waals surface area contributed by atoms with Crippen molar-refractivity contribution in [1.29, 1.82) is 0 Å². The molecule has 0 spiro atoms. The van der Waals surface area contributed by atoms with Crippen LogP contribution in [0.15, 0.2) is 60.9 Å². The number of carbonyl (C=O) groups excluding carboxylic acids is 1. The van der Waals surface area contributed by atoms with Gasteiger partial charge in [-0.15, -0.1) is 0 Å². The molecular formula is C20H17F3N4O5. The van der Waals surface area contributed by atoms with Crippen LogP contribution in [0.2, 0.25) is 0 Å². The number of carbonyl (C=O) groups is 1. The van der Waals surface area contributed by atoms with E-state index in [2.05, 4.69) is 15.2 Å². The predicted octanol–water partition coefficient (Wildman–Crippen LogP) is 4.16. The number of benzene rings is 2. The maximum absolute atomic E-state index is 12.5. The van der Waals surface area contributed by atoms with E-state index in [0.29, 0.717) is 16.9 Å². The Balaban J connectivity index is 1.54. The lowest BCUT2D eigenvalue weighted by molar-refractivity contribution is -0.384. The topological polar surface area (TPSA) is 109 Å². The maximum Gasteiger partial charge on any atom is 0.411 e. The van der Waals surface area contributed by atoms with Gasteiger partial charge >= 0.3 is 6.18 Å². The van der Waals surface area contributed by atoms with Crippen LogP contribution in [0, 0.1) is 10.1 Å². The number of aromatic nitrogens is 2. The summed E-state index contributed by atoms with van der Waals surface area (Å²) in [7, 11) is 0. The normalized spacial score (nSPS) is 11.2. The van der Waals surface area contributed by atoms with Gasteiger partial charge in [-0.3, -0.25) is 14.9 Å². The Hall–Kier alpha value is -3.93. The molecule has 3 aromatic rings. The molecule has 0 radical (unpaired) electrons. The van der Waals surface area contributed by atoms with Gasteiger partial charge in [0.05, 0.1) is 23.0 Å². The molecule has 0 atom stereocenters. The Labute approximate surface area is 179 Å². The zero-order valence-electron chi connectivity index (χ0n) is 16.4. The molecule has 0 saturated heterocycles. The molecule has 3 rings (SSSR count). The summed E-state index contributed by atoms with van der Waals surface area (Å²) in [6, 6.07) is 12.2. The number of nitrogens with zero attached hydrogens (tertiary/aromatic N) is 3. The van der Waals surface area contributed by atoms with E-state index in [1.54, 1.807) is 24.3 Å². The van der Waals surface area contributed by atoms with Gasteiger partial charge in [-0.25, -0.2) is 4.68 Å². The smallest absolute Gasteiger partial charge is 0.411 e. The number of ether oxygens (including phenoxy) is 2. The van der Waals surface area contributed by atoms with Gasteiger partial charge in [-0.2, -0.15) is 18.3 Å². The summed E-state index contributed by atoms with van der Waals surface area (Å²) in [6.45, 7) is -1.68. The Morgan fingerprint density at radius 1 is 1.19 bits per heavy atom. The fourth-order valence-corrected chi connectivity index (χ4v) is 2.59. The van der Waals surface area contributed by atoms with Gasteiger partial charge in [0.25, 0.3) is 11.6 Å². The van der Waals surface area contributed by atoms with Crippen LogP contribution in [0.3, 0.4) is 0 Å². The second-order valence-corrected chi connectivity index (χ2v) is 6.56. The fraction of sp³-hybridized carbons (Fsp3) is 0.200. The average Bonchev–Trinajstić information content (AvgIpc) is 3.19. The zero-order chi connectivity index (χ0) is 23.1. The van der Waals surface area contributed by atoms with Gasteiger partial charge in [-0.05, 0) is 29.8 Å². The summed E-state index contributed by atoms with van der Waals surface area (Å²) in [5, 5.41) is 17.1. The standard InChI is InChI=1S/C20H17F3N4O5/c21-20(22,23)12-31-13-26-10-16(9-24-26)25-19(28)15-3-1-2-14(8-15)11-32-18-6-4-17(5-7-18)27(29)30/h1-10H,11-13H2,(H,25,28). The van der Waals surface area contributed by atoms with Crippen molar-refractivity contribution in [2.45, 2.75) is 19.5 Å². The number of hydrogen-bond donors (Lipinski definition) is 1. The molecule has 0 saturated carbocycles. The van der Waals surface area contributed by atoms with Crippen LogP contribution in [-0.4, -0.2) is 33.4 Å². The van der Waals surface area contributed by atoms with Crippen molar-refractivity contribution in [3.05, 3.63) is 82.2 Å². The van der Waals surface area contributed by atoms with E-state index < -0.39 is 30.3 Å². The number of nitro benzene ring substituents is 1. The SMILES string of the molecule is O=C(Nc1cnn(COCC(F)(F)F)c1)c1cccc(COc2ccc([N+](=O)[O-])cc2)c1. The van der Waals surface area contributed by atoms with Crippen molar-refractivity contribution in [1.82, 2.24) is 9.78 Å². The first-order valence-electron chi connectivity index (χ1n) is 9.14. The van der Waals surface area contributed by atoms with Crippen LogP contribution in [0.5, 0.6) is 5.75 Å². The molecule has 1 amide bonds. The molecular weight excluding hydrogens is 433 g/mol. The quantitative estimate of drug-likeness (QED) is 0.387. The predicted molar refractivity (Wildman–Crippen MR) is 106 cm³/mol. The van der Waals surface area contributed by atoms with E-state index in [0.717, 1.165) is 4.68 Å². The summed E-state index contributed by atoms with van der Waals surface area (Å²) in [5.74, 6) is -0.0106. The molecule has 0 unspecified atom stereocenters. The molecule has 0 aliphatic rings. The summed E-state index contributed by atoms with van der Waals surface area (Å²) < 4.78 is 47.5. The third kappa shape index (κ3) is 6.80. The van der Waals surface area contributed by atoms with Gasteiger partial charge in [0.1, 0.15) is 25.7 Å². The van der Waals surface area contributed by atoms with Gasteiger partial charge in [0.15, 0.2) is 0 Å². The lowest BCUT2D eigenvalue weighted by Crippen LogP contribution is -2.18. The number of non-ortho nitro benzene ring substituents is 1. The molecule has 0 fully saturated rings. The highest BCUT2D eigenvalue weighted by Gasteiger charge is 2.27. The van der Waals surface area contributed by atoms with Crippen molar-refractivity contribution < 1.29 is 32.4 Å². The van der Waals surface area contributed by atoms with Gasteiger partial charge in [0, 0.05) is 17.7 Å². The minimum atomic E-state index is -4.43. The Morgan fingerprint density at radius 3 is 2.62 bits per heavy atom. The van der Waals surface area contributed by atoms with Crippen LogP contribution in [-0.2, 0) is 18.1 Å². The number of anilines is 1. The van der Waals surface area contributed by atoms with E-state index in [1.165, 1.54) is 36.7 Å². The minimum absolute atomic E-state index is 0.0498. The lowest BCUT2D eigenvalue weighted by Gasteiger charge is -2.08. The molecule has 0 aliphatic carbocycles. The van der Waals surface area contributed by atoms with E-state index in [9.17, 15) is 28.1 Å². The minimum Gasteiger partial charge on any atom is -0.489 e. The monoisotopic (exact) mass is 450 g/mol. The average molecular weight is 450 g/mol. The Kier molecular flexibility index (Phi) is 7.05. The second-order valence-electron chi connectivity index (χ2n) is 6.56. The molecule has 1 heterocycles. The molecule has 168 valence electrons. The maximum atomic E-state index is 12.5. The number of alkyl halides is 3. The Bertz CT molecular complexity index is 1080. The Morgan fingerprint density at radius 2 is 1.94 bits per heavy atom. The van der Waals surface area contributed by atoms with Crippen LogP contribution >= 0.6 is 0 Å². The number of halogens is 3. The number of amides is 1. The highest BCUT2D eigenvalue weighted by Crippen LogP contribution is 2.19. The van der Waals surface area contributed by atoms with Gasteiger partial charge < -0.3 is 14.8 Å². The van der Waals surface area contributed by atoms with Crippen LogP contribution in [0.4, 0.5) is 24.5 Å². The van der Waals surface area contributed by atoms with Crippen molar-refractivity contribution in [2.24, 2.45) is 0 Å². The number of hydrogen-bond acceptors (Lipinski definition) is 6. The highest BCUT2D eigenvalue weighted by molar-refractivity contribution is 6.04. The zero-order valence-corrected chi connectivity index (χ0v) is 16.4. The number of nitro groups is 1. The highest BCUT2D eigenvalue weighted by atomic mass is 19.4. The molecule has 1 aromatic heterocycles. The van der Waals surface area contributed by atoms with Crippen molar-refractivity contribution >= 4 is 17.3 Å². The molecule has 0 bridgehead atoms. The van der Waals surface area contributed by atoms with Crippen LogP contribution in [0.25, 0.3) is 0 Å². The number of nitrogens with one attached hydrogen (secondary N) is 1. The third-order valence-corrected chi connectivity index (χ3v) is 4.02. The van der Waals surface area contributed by atoms with Crippen molar-refractivity contribution in [3.63, 3.8) is 0 Å². The summed E-state index contributed by atoms with van der Waals surface area (Å²) in [4.78, 5) is 22.6. The summed E-state index contributed by atoms with van der Waals surface area (Å²) in [6.07, 6.45) is -1.80. The first kappa shape index (κ1) is 22.7. The largest absolute Gasteiger partial charge is 0.489 e. The van der Waals surface area contributed by atoms with Crippen LogP contribution in [0.1, 0.15) is 15.9 Å². The van der Waals surface area contributed by atoms with Gasteiger partial charge in [0.2, 0.25) is 0 Å². The molecule has 12 heteroatoms. The second kappa shape index (κ2) is 9.92. The van der Waals surface area contributed by atoms with Crippen molar-refractivity contribution in [2.75, 3.05) is 11.9 Å². The van der Waals surface area contributed by atoms with E-state index in [1.807, 2.05) is 0 Å². The molecule has 1 N–H and O–H groups in total. The van der Waals surface area contributed by atoms with Crippen molar-refractivity contribution in [3.8, 4) is 5.75 Å². The first-order valence-corrected chi connectivity index (χ1v) is 9.14. The first-order chi connectivity index (χ1) is 15.2. The van der Waals surface area contributed by atoms with E-state index in [4.69, 9.17) is 4.74 Å². The fourth-order valence-electron chi connectivity index (χ4n) is 2.59. The van der Waals surface area contributed by atoms with E-state index >= 15 is 0 Å². The molecule has 32 heavy (non-hydrogen) atoms. The molecule has 2 aromatic carbocycles. The summed E-state index contributed by atoms with van der Waals surface area (Å²) >= 11 is 0. The van der Waals surface area contributed by atoms with E-state index in [-0.39, 0.29) is 18.0 Å². The molecule has 0 aliphatic heterocycles. The van der Waals surface area contributed by atoms with Gasteiger partial charge in [-0.1, -0.05) is 12.1 Å². The number of rotatable bonds is 9. The summed E-state index contributed by atoms with van der Waals surface area (Å²) in [5.41, 5.74) is 1.26. The van der Waals surface area contributed by atoms with Crippen LogP contribution < -0.4 is 10.1 Å². The molecule has 9 nitrogen and oxygen atoms in total. The third-order valence-electron chi connectivity index (χ3n) is 4.02. The lowest BCUT2D eigenvalue weighted by atomic mass is 10.1.